The van der Waals surface area contributed by atoms with Gasteiger partial charge in [0.2, 0.25) is 0 Å². The lowest BCUT2D eigenvalue weighted by molar-refractivity contribution is 0.111. The van der Waals surface area contributed by atoms with Gasteiger partial charge in [0.15, 0.2) is 0 Å². The zero-order valence-electron chi connectivity index (χ0n) is 13.2. The molecule has 0 radical (unpaired) electrons. The van der Waals surface area contributed by atoms with Crippen molar-refractivity contribution in [3.8, 4) is 5.75 Å². The second kappa shape index (κ2) is 8.56. The summed E-state index contributed by atoms with van der Waals surface area (Å²) in [5, 5.41) is 1.49. The van der Waals surface area contributed by atoms with Gasteiger partial charge in [-0.1, -0.05) is 6.07 Å². The van der Waals surface area contributed by atoms with Gasteiger partial charge in [0.1, 0.15) is 12.4 Å². The Morgan fingerprint density at radius 1 is 0.955 bits per heavy atom. The molecule has 120 valence electrons. The molecule has 2 aromatic rings. The van der Waals surface area contributed by atoms with Gasteiger partial charge < -0.3 is 18.8 Å². The fraction of sp³-hybridized carbons (Fsp3) is 0.471. The summed E-state index contributed by atoms with van der Waals surface area (Å²) in [6.07, 6.45) is 1.79. The van der Waals surface area contributed by atoms with Crippen molar-refractivity contribution < 1.29 is 14.2 Å². The molecule has 0 aliphatic rings. The standard InChI is InChI=1S/C17H23NO4/c1-3-20-11-10-18-9-8-14-15(17(18)19)6-5-7-16(14)22-13-12-21-4-2/h5-9H,3-4,10-13H2,1-2H3. The average molecular weight is 305 g/mol. The van der Waals surface area contributed by atoms with Gasteiger partial charge in [-0.25, -0.2) is 0 Å². The predicted octanol–water partition coefficient (Wildman–Crippen LogP) is 2.45. The van der Waals surface area contributed by atoms with Crippen molar-refractivity contribution >= 4 is 10.8 Å². The molecule has 5 nitrogen and oxygen atoms in total. The highest BCUT2D eigenvalue weighted by atomic mass is 16.5. The fourth-order valence-corrected chi connectivity index (χ4v) is 2.25. The summed E-state index contributed by atoms with van der Waals surface area (Å²) in [6, 6.07) is 7.45. The van der Waals surface area contributed by atoms with Crippen LogP contribution in [0.4, 0.5) is 0 Å². The van der Waals surface area contributed by atoms with Crippen molar-refractivity contribution in [3.05, 3.63) is 40.8 Å². The monoisotopic (exact) mass is 305 g/mol. The molecule has 0 atom stereocenters. The van der Waals surface area contributed by atoms with Crippen LogP contribution in [0, 0.1) is 0 Å². The zero-order valence-corrected chi connectivity index (χ0v) is 13.2. The lowest BCUT2D eigenvalue weighted by Crippen LogP contribution is -2.22. The molecule has 0 N–H and O–H groups in total. The first-order valence-electron chi connectivity index (χ1n) is 7.68. The summed E-state index contributed by atoms with van der Waals surface area (Å²) in [6.45, 7) is 7.31. The van der Waals surface area contributed by atoms with E-state index in [-0.39, 0.29) is 5.56 Å². The highest BCUT2D eigenvalue weighted by Crippen LogP contribution is 2.22. The Labute approximate surface area is 130 Å². The molecule has 0 unspecified atom stereocenters. The molecule has 0 bridgehead atoms. The van der Waals surface area contributed by atoms with Gasteiger partial charge in [0.25, 0.3) is 5.56 Å². The van der Waals surface area contributed by atoms with Gasteiger partial charge in [0.05, 0.1) is 18.6 Å². The third-order valence-corrected chi connectivity index (χ3v) is 3.35. The number of ether oxygens (including phenoxy) is 3. The minimum atomic E-state index is -0.0209. The Hall–Kier alpha value is -1.85. The van der Waals surface area contributed by atoms with Crippen LogP contribution in [0.5, 0.6) is 5.75 Å². The summed E-state index contributed by atoms with van der Waals surface area (Å²) >= 11 is 0. The summed E-state index contributed by atoms with van der Waals surface area (Å²) in [7, 11) is 0. The van der Waals surface area contributed by atoms with Crippen LogP contribution in [-0.4, -0.2) is 37.6 Å². The number of rotatable bonds is 9. The molecule has 0 saturated carbocycles. The molecule has 0 aliphatic carbocycles. The molecule has 1 heterocycles. The number of hydrogen-bond donors (Lipinski definition) is 0. The second-order valence-electron chi connectivity index (χ2n) is 4.77. The van der Waals surface area contributed by atoms with E-state index in [4.69, 9.17) is 14.2 Å². The Balaban J connectivity index is 2.19. The van der Waals surface area contributed by atoms with Crippen LogP contribution < -0.4 is 10.3 Å². The smallest absolute Gasteiger partial charge is 0.258 e. The number of pyridine rings is 1. The molecule has 0 fully saturated rings. The quantitative estimate of drug-likeness (QED) is 0.668. The van der Waals surface area contributed by atoms with Crippen LogP contribution >= 0.6 is 0 Å². The summed E-state index contributed by atoms with van der Waals surface area (Å²) in [5.41, 5.74) is -0.0209. The molecular formula is C17H23NO4. The van der Waals surface area contributed by atoms with E-state index in [1.165, 1.54) is 0 Å². The van der Waals surface area contributed by atoms with E-state index in [2.05, 4.69) is 0 Å². The third kappa shape index (κ3) is 4.08. The first-order valence-corrected chi connectivity index (χ1v) is 7.68. The Kier molecular flexibility index (Phi) is 6.43. The van der Waals surface area contributed by atoms with E-state index in [1.807, 2.05) is 38.1 Å². The minimum Gasteiger partial charge on any atom is -0.491 e. The number of fused-ring (bicyclic) bond motifs is 1. The molecule has 0 amide bonds. The lowest BCUT2D eigenvalue weighted by atomic mass is 10.1. The van der Waals surface area contributed by atoms with Crippen LogP contribution in [0.2, 0.25) is 0 Å². The van der Waals surface area contributed by atoms with Gasteiger partial charge in [-0.15, -0.1) is 0 Å². The summed E-state index contributed by atoms with van der Waals surface area (Å²) < 4.78 is 18.0. The molecular weight excluding hydrogens is 282 g/mol. The molecule has 2 rings (SSSR count). The average Bonchev–Trinajstić information content (AvgIpc) is 2.54. The van der Waals surface area contributed by atoms with Crippen LogP contribution in [0.1, 0.15) is 13.8 Å². The first-order chi connectivity index (χ1) is 10.8. The van der Waals surface area contributed by atoms with Crippen molar-refractivity contribution in [2.45, 2.75) is 20.4 Å². The third-order valence-electron chi connectivity index (χ3n) is 3.35. The van der Waals surface area contributed by atoms with Crippen LogP contribution in [0.3, 0.4) is 0 Å². The van der Waals surface area contributed by atoms with Gasteiger partial charge in [-0.05, 0) is 32.0 Å². The molecule has 0 aliphatic heterocycles. The van der Waals surface area contributed by atoms with Gasteiger partial charge in [-0.3, -0.25) is 4.79 Å². The second-order valence-corrected chi connectivity index (χ2v) is 4.77. The maximum absolute atomic E-state index is 12.5. The zero-order chi connectivity index (χ0) is 15.8. The van der Waals surface area contributed by atoms with E-state index in [0.29, 0.717) is 50.7 Å². The minimum absolute atomic E-state index is 0.0209. The number of aromatic nitrogens is 1. The topological polar surface area (TPSA) is 49.7 Å². The lowest BCUT2D eigenvalue weighted by Gasteiger charge is -2.11. The van der Waals surface area contributed by atoms with Gasteiger partial charge in [-0.2, -0.15) is 0 Å². The fourth-order valence-electron chi connectivity index (χ4n) is 2.25. The van der Waals surface area contributed by atoms with Crippen LogP contribution in [-0.2, 0) is 16.0 Å². The summed E-state index contributed by atoms with van der Waals surface area (Å²) in [4.78, 5) is 12.5. The van der Waals surface area contributed by atoms with Gasteiger partial charge >= 0.3 is 0 Å². The first kappa shape index (κ1) is 16.5. The largest absolute Gasteiger partial charge is 0.491 e. The normalized spacial score (nSPS) is 11.0. The highest BCUT2D eigenvalue weighted by Gasteiger charge is 2.07. The van der Waals surface area contributed by atoms with E-state index in [1.54, 1.807) is 10.8 Å². The molecule has 0 spiro atoms. The van der Waals surface area contributed by atoms with E-state index < -0.39 is 0 Å². The predicted molar refractivity (Wildman–Crippen MR) is 86.7 cm³/mol. The Morgan fingerprint density at radius 2 is 1.73 bits per heavy atom. The molecule has 1 aromatic heterocycles. The van der Waals surface area contributed by atoms with Crippen molar-refractivity contribution in [1.82, 2.24) is 4.57 Å². The maximum Gasteiger partial charge on any atom is 0.258 e. The molecule has 1 aromatic carbocycles. The summed E-state index contributed by atoms with van der Waals surface area (Å²) in [5.74, 6) is 0.714. The van der Waals surface area contributed by atoms with Crippen molar-refractivity contribution in [2.24, 2.45) is 0 Å². The van der Waals surface area contributed by atoms with Crippen molar-refractivity contribution in [1.29, 1.82) is 0 Å². The molecule has 5 heteroatoms. The van der Waals surface area contributed by atoms with E-state index >= 15 is 0 Å². The SMILES string of the molecule is CCOCCOc1cccc2c(=O)n(CCOCC)ccc12. The van der Waals surface area contributed by atoms with Crippen molar-refractivity contribution in [3.63, 3.8) is 0 Å². The number of nitrogens with zero attached hydrogens (tertiary/aromatic N) is 1. The van der Waals surface area contributed by atoms with Crippen molar-refractivity contribution in [2.75, 3.05) is 33.0 Å². The molecule has 0 saturated heterocycles. The molecule has 22 heavy (non-hydrogen) atoms. The Morgan fingerprint density at radius 3 is 2.50 bits per heavy atom. The van der Waals surface area contributed by atoms with Gasteiger partial charge in [0, 0.05) is 31.3 Å². The highest BCUT2D eigenvalue weighted by molar-refractivity contribution is 5.87. The number of hydrogen-bond acceptors (Lipinski definition) is 4. The van der Waals surface area contributed by atoms with Crippen LogP contribution in [0.15, 0.2) is 35.3 Å². The maximum atomic E-state index is 12.5. The van der Waals surface area contributed by atoms with E-state index in [0.717, 1.165) is 5.39 Å². The van der Waals surface area contributed by atoms with E-state index in [9.17, 15) is 4.79 Å². The number of benzene rings is 1. The Bertz CT molecular complexity index is 651. The van der Waals surface area contributed by atoms with Crippen LogP contribution in [0.25, 0.3) is 10.8 Å².